The van der Waals surface area contributed by atoms with Crippen LogP contribution in [-0.2, 0) is 0 Å². The Labute approximate surface area is 100 Å². The van der Waals surface area contributed by atoms with Crippen LogP contribution in [0.25, 0.3) is 0 Å². The number of carbonyl (C=O) groups is 1. The summed E-state index contributed by atoms with van der Waals surface area (Å²) in [6.45, 7) is 2.13. The lowest BCUT2D eigenvalue weighted by atomic mass is 10.1. The van der Waals surface area contributed by atoms with Gasteiger partial charge < -0.3 is 11.1 Å². The van der Waals surface area contributed by atoms with E-state index in [0.29, 0.717) is 23.6 Å². The van der Waals surface area contributed by atoms with Crippen molar-refractivity contribution in [1.29, 1.82) is 0 Å². The number of aryl methyl sites for hydroxylation is 1. The Kier molecular flexibility index (Phi) is 3.43. The molecule has 0 heterocycles. The average Bonchev–Trinajstić information content (AvgIpc) is 3.13. The van der Waals surface area contributed by atoms with Crippen LogP contribution in [0.3, 0.4) is 0 Å². The van der Waals surface area contributed by atoms with Gasteiger partial charge in [0.15, 0.2) is 0 Å². The largest absolute Gasteiger partial charge is 0.350 e. The molecule has 1 amide bonds. The molecule has 0 bridgehead atoms. The molecular formula is C13H17FN2O. The van der Waals surface area contributed by atoms with Crippen LogP contribution in [0.4, 0.5) is 4.39 Å². The second-order valence-electron chi connectivity index (χ2n) is 4.68. The Hall–Kier alpha value is -1.42. The molecule has 1 atom stereocenters. The van der Waals surface area contributed by atoms with E-state index in [1.807, 2.05) is 0 Å². The van der Waals surface area contributed by atoms with E-state index in [9.17, 15) is 9.18 Å². The molecule has 1 aliphatic rings. The van der Waals surface area contributed by atoms with Crippen molar-refractivity contribution in [3.8, 4) is 0 Å². The zero-order valence-corrected chi connectivity index (χ0v) is 9.87. The number of halogens is 1. The molecule has 92 valence electrons. The fraction of sp³-hybridized carbons (Fsp3) is 0.462. The lowest BCUT2D eigenvalue weighted by Crippen LogP contribution is -2.38. The molecule has 3 N–H and O–H groups in total. The highest BCUT2D eigenvalue weighted by Crippen LogP contribution is 2.31. The van der Waals surface area contributed by atoms with Gasteiger partial charge in [0.05, 0.1) is 0 Å². The molecule has 1 fully saturated rings. The number of carbonyl (C=O) groups excluding carboxylic acids is 1. The van der Waals surface area contributed by atoms with Gasteiger partial charge in [-0.05, 0) is 49.4 Å². The van der Waals surface area contributed by atoms with Crippen molar-refractivity contribution in [3.63, 3.8) is 0 Å². The van der Waals surface area contributed by atoms with Gasteiger partial charge in [0, 0.05) is 18.2 Å². The predicted molar refractivity (Wildman–Crippen MR) is 64.2 cm³/mol. The SMILES string of the molecule is Cc1cc(C(=O)NCC(N)C2CC2)ccc1F. The normalized spacial score (nSPS) is 16.6. The number of nitrogens with two attached hydrogens (primary N) is 1. The van der Waals surface area contributed by atoms with E-state index in [1.165, 1.54) is 12.1 Å². The van der Waals surface area contributed by atoms with Crippen LogP contribution in [0.5, 0.6) is 0 Å². The van der Waals surface area contributed by atoms with Crippen LogP contribution in [0.15, 0.2) is 18.2 Å². The molecule has 17 heavy (non-hydrogen) atoms. The van der Waals surface area contributed by atoms with Crippen LogP contribution in [-0.4, -0.2) is 18.5 Å². The topological polar surface area (TPSA) is 55.1 Å². The van der Waals surface area contributed by atoms with Gasteiger partial charge in [-0.15, -0.1) is 0 Å². The molecule has 2 rings (SSSR count). The molecule has 0 radical (unpaired) electrons. The van der Waals surface area contributed by atoms with Gasteiger partial charge in [0.25, 0.3) is 5.91 Å². The summed E-state index contributed by atoms with van der Waals surface area (Å²) in [6.07, 6.45) is 2.32. The lowest BCUT2D eigenvalue weighted by molar-refractivity contribution is 0.0950. The molecule has 4 heteroatoms. The van der Waals surface area contributed by atoms with Crippen LogP contribution >= 0.6 is 0 Å². The minimum Gasteiger partial charge on any atom is -0.350 e. The number of benzene rings is 1. The van der Waals surface area contributed by atoms with E-state index < -0.39 is 0 Å². The standard InChI is InChI=1S/C13H17FN2O/c1-8-6-10(4-5-11(8)14)13(17)16-7-12(15)9-2-3-9/h4-6,9,12H,2-3,7,15H2,1H3,(H,16,17). The third-order valence-electron chi connectivity index (χ3n) is 3.15. The first-order valence-electron chi connectivity index (χ1n) is 5.88. The van der Waals surface area contributed by atoms with Crippen LogP contribution in [0.1, 0.15) is 28.8 Å². The fourth-order valence-electron chi connectivity index (χ4n) is 1.79. The van der Waals surface area contributed by atoms with E-state index in [0.717, 1.165) is 12.8 Å². The smallest absolute Gasteiger partial charge is 0.251 e. The van der Waals surface area contributed by atoms with E-state index in [2.05, 4.69) is 5.32 Å². The van der Waals surface area contributed by atoms with E-state index in [1.54, 1.807) is 13.0 Å². The van der Waals surface area contributed by atoms with Gasteiger partial charge in [-0.3, -0.25) is 4.79 Å². The summed E-state index contributed by atoms with van der Waals surface area (Å²) in [5, 5.41) is 2.78. The van der Waals surface area contributed by atoms with Gasteiger partial charge >= 0.3 is 0 Å². The van der Waals surface area contributed by atoms with Gasteiger partial charge in [-0.2, -0.15) is 0 Å². The number of rotatable bonds is 4. The molecule has 0 aliphatic heterocycles. The summed E-state index contributed by atoms with van der Waals surface area (Å²) < 4.78 is 13.0. The molecular weight excluding hydrogens is 219 g/mol. The van der Waals surface area contributed by atoms with Crippen molar-refractivity contribution in [3.05, 3.63) is 35.1 Å². The number of hydrogen-bond donors (Lipinski definition) is 2. The maximum Gasteiger partial charge on any atom is 0.251 e. The molecule has 0 aromatic heterocycles. The van der Waals surface area contributed by atoms with Crippen molar-refractivity contribution in [2.75, 3.05) is 6.54 Å². The second kappa shape index (κ2) is 4.84. The Morgan fingerprint density at radius 3 is 2.88 bits per heavy atom. The minimum atomic E-state index is -0.295. The molecule has 1 aromatic rings. The highest BCUT2D eigenvalue weighted by molar-refractivity contribution is 5.94. The van der Waals surface area contributed by atoms with Crippen molar-refractivity contribution >= 4 is 5.91 Å². The van der Waals surface area contributed by atoms with Crippen molar-refractivity contribution in [2.24, 2.45) is 11.7 Å². The molecule has 0 saturated heterocycles. The molecule has 3 nitrogen and oxygen atoms in total. The Morgan fingerprint density at radius 1 is 1.59 bits per heavy atom. The Bertz CT molecular complexity index is 429. The van der Waals surface area contributed by atoms with Crippen LogP contribution in [0.2, 0.25) is 0 Å². The maximum atomic E-state index is 13.0. The highest BCUT2D eigenvalue weighted by atomic mass is 19.1. The molecule has 0 spiro atoms. The van der Waals surface area contributed by atoms with Crippen molar-refractivity contribution in [2.45, 2.75) is 25.8 Å². The maximum absolute atomic E-state index is 13.0. The van der Waals surface area contributed by atoms with E-state index >= 15 is 0 Å². The van der Waals surface area contributed by atoms with E-state index in [4.69, 9.17) is 5.73 Å². The Balaban J connectivity index is 1.92. The third-order valence-corrected chi connectivity index (χ3v) is 3.15. The van der Waals surface area contributed by atoms with Gasteiger partial charge in [0.2, 0.25) is 0 Å². The monoisotopic (exact) mass is 236 g/mol. The lowest BCUT2D eigenvalue weighted by Gasteiger charge is -2.11. The number of nitrogens with one attached hydrogen (secondary N) is 1. The first-order valence-corrected chi connectivity index (χ1v) is 5.88. The molecule has 1 unspecified atom stereocenters. The van der Waals surface area contributed by atoms with E-state index in [-0.39, 0.29) is 17.8 Å². The Morgan fingerprint density at radius 2 is 2.29 bits per heavy atom. The van der Waals surface area contributed by atoms with Gasteiger partial charge in [-0.1, -0.05) is 0 Å². The summed E-state index contributed by atoms with van der Waals surface area (Å²) in [7, 11) is 0. The first kappa shape index (κ1) is 12.0. The summed E-state index contributed by atoms with van der Waals surface area (Å²) in [6, 6.07) is 4.39. The predicted octanol–water partition coefficient (Wildman–Crippen LogP) is 1.60. The number of hydrogen-bond acceptors (Lipinski definition) is 2. The summed E-state index contributed by atoms with van der Waals surface area (Å²) in [5.74, 6) is 0.0747. The van der Waals surface area contributed by atoms with Crippen molar-refractivity contribution < 1.29 is 9.18 Å². The van der Waals surface area contributed by atoms with Gasteiger partial charge in [-0.25, -0.2) is 4.39 Å². The zero-order chi connectivity index (χ0) is 12.4. The second-order valence-corrected chi connectivity index (χ2v) is 4.68. The summed E-state index contributed by atoms with van der Waals surface area (Å²) in [4.78, 5) is 11.8. The average molecular weight is 236 g/mol. The number of amides is 1. The molecule has 1 aliphatic carbocycles. The first-order chi connectivity index (χ1) is 8.08. The summed E-state index contributed by atoms with van der Waals surface area (Å²) in [5.41, 5.74) is 6.84. The fourth-order valence-corrected chi connectivity index (χ4v) is 1.79. The van der Waals surface area contributed by atoms with Crippen LogP contribution in [0, 0.1) is 18.7 Å². The highest BCUT2D eigenvalue weighted by Gasteiger charge is 2.28. The van der Waals surface area contributed by atoms with Gasteiger partial charge in [0.1, 0.15) is 5.82 Å². The quantitative estimate of drug-likeness (QED) is 0.834. The molecule has 1 saturated carbocycles. The van der Waals surface area contributed by atoms with Crippen molar-refractivity contribution in [1.82, 2.24) is 5.32 Å². The van der Waals surface area contributed by atoms with Crippen LogP contribution < -0.4 is 11.1 Å². The minimum absolute atomic E-state index is 0.0421. The third kappa shape index (κ3) is 3.03. The zero-order valence-electron chi connectivity index (χ0n) is 9.87. The summed E-state index contributed by atoms with van der Waals surface area (Å²) >= 11 is 0. The molecule has 1 aromatic carbocycles.